The van der Waals surface area contributed by atoms with Gasteiger partial charge in [-0.2, -0.15) is 0 Å². The van der Waals surface area contributed by atoms with E-state index in [4.69, 9.17) is 9.84 Å². The van der Waals surface area contributed by atoms with E-state index in [0.29, 0.717) is 19.6 Å². The SMILES string of the molecule is Cc1cc(COc2ccc([C@]3(C)CCN([C@H](C)C(=O)CO)C3=O)cc2)c2ccccc2n1. The molecule has 6 nitrogen and oxygen atoms in total. The minimum atomic E-state index is -0.694. The molecule has 0 spiro atoms. The Kier molecular flexibility index (Phi) is 5.98. The van der Waals surface area contributed by atoms with Crippen LogP contribution in [0.4, 0.5) is 0 Å². The lowest BCUT2D eigenvalue weighted by atomic mass is 9.81. The summed E-state index contributed by atoms with van der Waals surface area (Å²) in [5.41, 5.74) is 3.18. The normalized spacial score (nSPS) is 19.4. The number of aliphatic hydroxyl groups excluding tert-OH is 1. The van der Waals surface area contributed by atoms with Crippen molar-refractivity contribution in [3.05, 3.63) is 71.4 Å². The number of ketones is 1. The Morgan fingerprint density at radius 2 is 1.94 bits per heavy atom. The van der Waals surface area contributed by atoms with Crippen molar-refractivity contribution >= 4 is 22.6 Å². The lowest BCUT2D eigenvalue weighted by molar-refractivity contribution is -0.139. The van der Waals surface area contributed by atoms with Gasteiger partial charge in [0.05, 0.1) is 17.0 Å². The fourth-order valence-corrected chi connectivity index (χ4v) is 4.41. The Bertz CT molecular complexity index is 1160. The molecule has 1 aromatic heterocycles. The Hall–Kier alpha value is -3.25. The summed E-state index contributed by atoms with van der Waals surface area (Å²) in [5.74, 6) is 0.298. The van der Waals surface area contributed by atoms with Gasteiger partial charge in [-0.3, -0.25) is 14.6 Å². The number of amides is 1. The van der Waals surface area contributed by atoms with Crippen LogP contribution in [-0.2, 0) is 21.6 Å². The van der Waals surface area contributed by atoms with Crippen LogP contribution in [0.5, 0.6) is 5.75 Å². The van der Waals surface area contributed by atoms with Gasteiger partial charge in [-0.25, -0.2) is 0 Å². The molecule has 2 atom stereocenters. The summed E-state index contributed by atoms with van der Waals surface area (Å²) in [6.07, 6.45) is 0.622. The van der Waals surface area contributed by atoms with Gasteiger partial charge in [0.15, 0.2) is 5.78 Å². The van der Waals surface area contributed by atoms with Crippen molar-refractivity contribution in [3.63, 3.8) is 0 Å². The van der Waals surface area contributed by atoms with E-state index in [-0.39, 0.29) is 11.7 Å². The second-order valence-corrected chi connectivity index (χ2v) is 8.63. The van der Waals surface area contributed by atoms with E-state index in [2.05, 4.69) is 4.98 Å². The predicted molar refractivity (Wildman–Crippen MR) is 122 cm³/mol. The van der Waals surface area contributed by atoms with Gasteiger partial charge in [0.25, 0.3) is 0 Å². The van der Waals surface area contributed by atoms with Crippen LogP contribution >= 0.6 is 0 Å². The van der Waals surface area contributed by atoms with Gasteiger partial charge in [-0.05, 0) is 57.0 Å². The Balaban J connectivity index is 1.48. The molecule has 3 aromatic rings. The van der Waals surface area contributed by atoms with Crippen molar-refractivity contribution in [2.24, 2.45) is 0 Å². The summed E-state index contributed by atoms with van der Waals surface area (Å²) in [6.45, 7) is 5.92. The van der Waals surface area contributed by atoms with Crippen molar-refractivity contribution in [1.82, 2.24) is 9.88 Å². The first-order chi connectivity index (χ1) is 15.3. The highest BCUT2D eigenvalue weighted by Gasteiger charge is 2.46. The summed E-state index contributed by atoms with van der Waals surface area (Å²) in [5, 5.41) is 10.2. The number of carbonyl (C=O) groups is 2. The predicted octanol–water partition coefficient (Wildman–Crippen LogP) is 3.56. The van der Waals surface area contributed by atoms with Crippen LogP contribution in [0.15, 0.2) is 54.6 Å². The number of aromatic nitrogens is 1. The van der Waals surface area contributed by atoms with Crippen LogP contribution in [0, 0.1) is 6.92 Å². The highest BCUT2D eigenvalue weighted by molar-refractivity contribution is 5.95. The van der Waals surface area contributed by atoms with E-state index in [1.807, 2.05) is 68.4 Å². The van der Waals surface area contributed by atoms with Crippen molar-refractivity contribution in [3.8, 4) is 5.75 Å². The highest BCUT2D eigenvalue weighted by Crippen LogP contribution is 2.37. The summed E-state index contributed by atoms with van der Waals surface area (Å²) >= 11 is 0. The molecular weight excluding hydrogens is 404 g/mol. The number of aryl methyl sites for hydroxylation is 1. The van der Waals surface area contributed by atoms with Gasteiger partial charge in [0, 0.05) is 23.2 Å². The topological polar surface area (TPSA) is 79.7 Å². The number of hydrogen-bond acceptors (Lipinski definition) is 5. The molecule has 1 amide bonds. The van der Waals surface area contributed by atoms with E-state index in [1.165, 1.54) is 0 Å². The number of carbonyl (C=O) groups excluding carboxylic acids is 2. The summed E-state index contributed by atoms with van der Waals surface area (Å²) < 4.78 is 6.04. The molecular formula is C26H28N2O4. The van der Waals surface area contributed by atoms with Gasteiger partial charge < -0.3 is 14.7 Å². The Morgan fingerprint density at radius 1 is 1.22 bits per heavy atom. The fraction of sp³-hybridized carbons (Fsp3) is 0.346. The third-order valence-corrected chi connectivity index (χ3v) is 6.49. The molecule has 0 bridgehead atoms. The Morgan fingerprint density at radius 3 is 2.66 bits per heavy atom. The number of benzene rings is 2. The summed E-state index contributed by atoms with van der Waals surface area (Å²) in [4.78, 5) is 31.1. The quantitative estimate of drug-likeness (QED) is 0.618. The maximum atomic E-state index is 13.1. The number of rotatable bonds is 7. The third-order valence-electron chi connectivity index (χ3n) is 6.49. The van der Waals surface area contributed by atoms with Gasteiger partial charge in [-0.15, -0.1) is 0 Å². The first-order valence-corrected chi connectivity index (χ1v) is 10.9. The number of fused-ring (bicyclic) bond motifs is 1. The molecule has 0 radical (unpaired) electrons. The molecule has 1 saturated heterocycles. The largest absolute Gasteiger partial charge is 0.489 e. The van der Waals surface area contributed by atoms with Crippen molar-refractivity contribution in [2.75, 3.05) is 13.2 Å². The van der Waals surface area contributed by atoms with Crippen LogP contribution in [0.3, 0.4) is 0 Å². The molecule has 1 N–H and O–H groups in total. The second kappa shape index (κ2) is 8.71. The number of Topliss-reactive ketones (excluding diaryl/α,β-unsaturated/α-hetero) is 1. The number of ether oxygens (including phenoxy) is 1. The lowest BCUT2D eigenvalue weighted by Crippen LogP contribution is -2.44. The molecule has 1 aliphatic rings. The molecule has 1 aliphatic heterocycles. The molecule has 1 fully saturated rings. The summed E-state index contributed by atoms with van der Waals surface area (Å²) in [7, 11) is 0. The molecule has 6 heteroatoms. The minimum Gasteiger partial charge on any atom is -0.489 e. The van der Waals surface area contributed by atoms with Crippen LogP contribution in [0.1, 0.15) is 37.1 Å². The average molecular weight is 433 g/mol. The molecule has 0 unspecified atom stereocenters. The summed E-state index contributed by atoms with van der Waals surface area (Å²) in [6, 6.07) is 17.1. The van der Waals surface area contributed by atoms with E-state index in [9.17, 15) is 9.59 Å². The van der Waals surface area contributed by atoms with Crippen LogP contribution < -0.4 is 4.74 Å². The van der Waals surface area contributed by atoms with Gasteiger partial charge in [0.1, 0.15) is 19.0 Å². The highest BCUT2D eigenvalue weighted by atomic mass is 16.5. The fourth-order valence-electron chi connectivity index (χ4n) is 4.41. The molecule has 2 heterocycles. The molecule has 2 aromatic carbocycles. The number of pyridine rings is 1. The van der Waals surface area contributed by atoms with Crippen LogP contribution in [-0.4, -0.2) is 45.9 Å². The lowest BCUT2D eigenvalue weighted by Gasteiger charge is -2.27. The molecule has 166 valence electrons. The van der Waals surface area contributed by atoms with Gasteiger partial charge in [0.2, 0.25) is 5.91 Å². The zero-order valence-corrected chi connectivity index (χ0v) is 18.7. The molecule has 4 rings (SSSR count). The Labute approximate surface area is 187 Å². The zero-order chi connectivity index (χ0) is 22.9. The monoisotopic (exact) mass is 432 g/mol. The maximum Gasteiger partial charge on any atom is 0.233 e. The van der Waals surface area contributed by atoms with Crippen LogP contribution in [0.25, 0.3) is 10.9 Å². The van der Waals surface area contributed by atoms with Gasteiger partial charge >= 0.3 is 0 Å². The number of para-hydroxylation sites is 1. The van der Waals surface area contributed by atoms with Gasteiger partial charge in [-0.1, -0.05) is 30.3 Å². The van der Waals surface area contributed by atoms with Crippen molar-refractivity contribution in [2.45, 2.75) is 45.3 Å². The standard InChI is InChI=1S/C26H28N2O4/c1-17-14-19(22-6-4-5-7-23(22)27-17)16-32-21-10-8-20(9-11-21)26(3)12-13-28(25(26)31)18(2)24(30)15-29/h4-11,14,18,29H,12-13,15-16H2,1-3H3/t18-,26+/m1/s1. The second-order valence-electron chi connectivity index (χ2n) is 8.63. The molecule has 0 aliphatic carbocycles. The number of likely N-dealkylation sites (tertiary alicyclic amines) is 1. The zero-order valence-electron chi connectivity index (χ0n) is 18.7. The van der Waals surface area contributed by atoms with Crippen LogP contribution in [0.2, 0.25) is 0 Å². The van der Waals surface area contributed by atoms with Crippen molar-refractivity contribution < 1.29 is 19.4 Å². The maximum absolute atomic E-state index is 13.1. The van der Waals surface area contributed by atoms with E-state index in [1.54, 1.807) is 11.8 Å². The first kappa shape index (κ1) is 22.0. The first-order valence-electron chi connectivity index (χ1n) is 10.9. The third kappa shape index (κ3) is 3.98. The molecule has 0 saturated carbocycles. The molecule has 32 heavy (non-hydrogen) atoms. The average Bonchev–Trinajstić information content (AvgIpc) is 3.12. The van der Waals surface area contributed by atoms with Crippen molar-refractivity contribution in [1.29, 1.82) is 0 Å². The minimum absolute atomic E-state index is 0.0841. The number of aliphatic hydroxyl groups is 1. The van der Waals surface area contributed by atoms with E-state index < -0.39 is 18.1 Å². The smallest absolute Gasteiger partial charge is 0.233 e. The van der Waals surface area contributed by atoms with E-state index in [0.717, 1.165) is 33.5 Å². The number of hydrogen-bond donors (Lipinski definition) is 1. The van der Waals surface area contributed by atoms with E-state index >= 15 is 0 Å². The number of nitrogens with zero attached hydrogens (tertiary/aromatic N) is 2.